The van der Waals surface area contributed by atoms with Gasteiger partial charge in [-0.1, -0.05) is 25.1 Å². The molecule has 2 aromatic rings. The summed E-state index contributed by atoms with van der Waals surface area (Å²) in [7, 11) is 3.96. The Hall–Kier alpha value is -1.57. The van der Waals surface area contributed by atoms with Gasteiger partial charge in [0.15, 0.2) is 0 Å². The Kier molecular flexibility index (Phi) is 6.20. The number of aliphatic hydroxyl groups is 2. The number of rotatable bonds is 2. The predicted octanol–water partition coefficient (Wildman–Crippen LogP) is 4.42. The van der Waals surface area contributed by atoms with E-state index in [2.05, 4.69) is 41.4 Å². The van der Waals surface area contributed by atoms with Crippen molar-refractivity contribution in [1.29, 1.82) is 0 Å². The van der Waals surface area contributed by atoms with Crippen LogP contribution in [0, 0.1) is 17.3 Å². The summed E-state index contributed by atoms with van der Waals surface area (Å²) in [4.78, 5) is 2.04. The molecule has 2 aliphatic carbocycles. The van der Waals surface area contributed by atoms with Crippen molar-refractivity contribution in [3.8, 4) is 0 Å². The molecule has 2 bridgehead atoms. The monoisotopic (exact) mass is 511 g/mol. The van der Waals surface area contributed by atoms with Crippen LogP contribution in [0.15, 0.2) is 36.7 Å². The summed E-state index contributed by atoms with van der Waals surface area (Å²) in [6, 6.07) is 6.47. The first-order valence-corrected chi connectivity index (χ1v) is 13.9. The third-order valence-electron chi connectivity index (χ3n) is 10.1. The van der Waals surface area contributed by atoms with Gasteiger partial charge in [0, 0.05) is 28.1 Å². The standard InChI is InChI=1S/C29H38ClN3O3/c1-28-10-8-20(30)13-23-26(34)27(35)24(33(2)3)14-29(23)11-9-25(36-29)22(28)7-6-21(28)17-4-5-18-15-31-32-16-19(18)12-17/h4-6,12,15-16,20,22-27,34-35H,7-11,13-14H2,1-3H3. The number of alkyl halides is 1. The van der Waals surface area contributed by atoms with E-state index < -0.39 is 17.8 Å². The minimum absolute atomic E-state index is 0.0436. The lowest BCUT2D eigenvalue weighted by Gasteiger charge is -2.52. The summed E-state index contributed by atoms with van der Waals surface area (Å²) < 4.78 is 7.10. The average molecular weight is 512 g/mol. The average Bonchev–Trinajstić information content (AvgIpc) is 3.43. The number of fused-ring (bicyclic) bond motifs is 4. The van der Waals surface area contributed by atoms with Gasteiger partial charge in [-0.25, -0.2) is 0 Å². The minimum Gasteiger partial charge on any atom is -0.390 e. The van der Waals surface area contributed by atoms with Gasteiger partial charge >= 0.3 is 0 Å². The molecule has 1 aromatic carbocycles. The quantitative estimate of drug-likeness (QED) is 0.581. The molecule has 36 heavy (non-hydrogen) atoms. The molecule has 0 radical (unpaired) electrons. The first-order valence-electron chi connectivity index (χ1n) is 13.5. The van der Waals surface area contributed by atoms with Crippen molar-refractivity contribution in [1.82, 2.24) is 15.1 Å². The molecule has 2 saturated heterocycles. The molecule has 6 nitrogen and oxygen atoms in total. The van der Waals surface area contributed by atoms with E-state index in [0.29, 0.717) is 12.3 Å². The van der Waals surface area contributed by atoms with Crippen LogP contribution in [0.5, 0.6) is 0 Å². The SMILES string of the molecule is CN(C)C1CC23CCC(O2)C2CC=C(c4ccc5cnncc5c4)C2(C)CCC(Cl)CC3C(O)C1O. The largest absolute Gasteiger partial charge is 0.390 e. The van der Waals surface area contributed by atoms with E-state index in [4.69, 9.17) is 16.3 Å². The number of halogens is 1. The molecular weight excluding hydrogens is 474 g/mol. The number of likely N-dealkylation sites (N-methyl/N-ethyl adjacent to an activating group) is 1. The Bertz CT molecular complexity index is 1170. The number of nitrogens with zero attached hydrogens (tertiary/aromatic N) is 3. The lowest BCUT2D eigenvalue weighted by molar-refractivity contribution is -0.202. The molecule has 1 aromatic heterocycles. The molecule has 194 valence electrons. The van der Waals surface area contributed by atoms with Gasteiger partial charge in [0.05, 0.1) is 36.3 Å². The summed E-state index contributed by atoms with van der Waals surface area (Å²) in [6.45, 7) is 2.41. The van der Waals surface area contributed by atoms with Crippen LogP contribution >= 0.6 is 11.6 Å². The highest BCUT2D eigenvalue weighted by atomic mass is 35.5. The number of benzene rings is 1. The van der Waals surface area contributed by atoms with Crippen molar-refractivity contribution >= 4 is 27.9 Å². The van der Waals surface area contributed by atoms with Gasteiger partial charge in [0.25, 0.3) is 0 Å². The Morgan fingerprint density at radius 2 is 1.81 bits per heavy atom. The zero-order valence-corrected chi connectivity index (χ0v) is 22.2. The lowest BCUT2D eigenvalue weighted by atomic mass is 9.66. The molecule has 3 fully saturated rings. The van der Waals surface area contributed by atoms with Crippen molar-refractivity contribution in [3.63, 3.8) is 0 Å². The van der Waals surface area contributed by atoms with E-state index >= 15 is 0 Å². The van der Waals surface area contributed by atoms with E-state index in [-0.39, 0.29) is 28.9 Å². The van der Waals surface area contributed by atoms with Crippen LogP contribution in [-0.2, 0) is 4.74 Å². The maximum Gasteiger partial charge on any atom is 0.0958 e. The Labute approximate surface area is 218 Å². The van der Waals surface area contributed by atoms with Crippen molar-refractivity contribution in [2.45, 2.75) is 87.2 Å². The molecule has 2 aliphatic heterocycles. The minimum atomic E-state index is -0.824. The van der Waals surface area contributed by atoms with Crippen molar-refractivity contribution in [2.75, 3.05) is 14.1 Å². The number of allylic oxidation sites excluding steroid dienone is 2. The third-order valence-corrected chi connectivity index (χ3v) is 10.5. The molecular formula is C29H38ClN3O3. The van der Waals surface area contributed by atoms with Crippen LogP contribution in [0.2, 0.25) is 0 Å². The molecule has 6 rings (SSSR count). The predicted molar refractivity (Wildman–Crippen MR) is 142 cm³/mol. The van der Waals surface area contributed by atoms with Crippen LogP contribution in [0.4, 0.5) is 0 Å². The second-order valence-corrected chi connectivity index (χ2v) is 12.8. The molecule has 9 atom stereocenters. The van der Waals surface area contributed by atoms with Gasteiger partial charge in [0.2, 0.25) is 0 Å². The van der Waals surface area contributed by atoms with Crippen molar-refractivity contribution in [2.24, 2.45) is 17.3 Å². The molecule has 4 aliphatic rings. The zero-order chi connectivity index (χ0) is 25.2. The van der Waals surface area contributed by atoms with Crippen LogP contribution < -0.4 is 0 Å². The second kappa shape index (κ2) is 9.02. The summed E-state index contributed by atoms with van der Waals surface area (Å²) in [6.07, 6.45) is 10.7. The van der Waals surface area contributed by atoms with E-state index in [1.165, 1.54) is 11.1 Å². The van der Waals surface area contributed by atoms with Gasteiger partial charge in [-0.2, -0.15) is 10.2 Å². The second-order valence-electron chi connectivity index (χ2n) is 12.2. The van der Waals surface area contributed by atoms with Gasteiger partial charge in [-0.3, -0.25) is 0 Å². The van der Waals surface area contributed by atoms with Crippen LogP contribution in [-0.4, -0.2) is 74.7 Å². The topological polar surface area (TPSA) is 78.7 Å². The number of aromatic nitrogens is 2. The van der Waals surface area contributed by atoms with Crippen LogP contribution in [0.1, 0.15) is 57.4 Å². The van der Waals surface area contributed by atoms with E-state index in [0.717, 1.165) is 49.3 Å². The Balaban J connectivity index is 1.35. The van der Waals surface area contributed by atoms with E-state index in [9.17, 15) is 10.2 Å². The van der Waals surface area contributed by atoms with Gasteiger partial charge in [-0.05, 0) is 87.6 Å². The zero-order valence-electron chi connectivity index (χ0n) is 21.5. The lowest BCUT2D eigenvalue weighted by Crippen LogP contribution is -2.63. The van der Waals surface area contributed by atoms with Gasteiger partial charge in [-0.15, -0.1) is 11.6 Å². The smallest absolute Gasteiger partial charge is 0.0958 e. The number of hydrogen-bond donors (Lipinski definition) is 2. The highest BCUT2D eigenvalue weighted by Gasteiger charge is 2.60. The summed E-state index contributed by atoms with van der Waals surface area (Å²) in [5.74, 6) is 0.221. The fourth-order valence-corrected chi connectivity index (χ4v) is 8.34. The van der Waals surface area contributed by atoms with E-state index in [1.54, 1.807) is 0 Å². The fourth-order valence-electron chi connectivity index (χ4n) is 8.04. The van der Waals surface area contributed by atoms with Gasteiger partial charge in [0.1, 0.15) is 0 Å². The Morgan fingerprint density at radius 1 is 1.03 bits per heavy atom. The van der Waals surface area contributed by atoms with Gasteiger partial charge < -0.3 is 19.8 Å². The summed E-state index contributed by atoms with van der Waals surface area (Å²) >= 11 is 7.01. The molecule has 9 unspecified atom stereocenters. The number of ether oxygens (including phenoxy) is 1. The molecule has 0 amide bonds. The normalized spacial score (nSPS) is 42.8. The van der Waals surface area contributed by atoms with Crippen molar-refractivity contribution < 1.29 is 14.9 Å². The number of hydrogen-bond acceptors (Lipinski definition) is 6. The van der Waals surface area contributed by atoms with Crippen LogP contribution in [0.3, 0.4) is 0 Å². The van der Waals surface area contributed by atoms with Crippen molar-refractivity contribution in [3.05, 3.63) is 42.2 Å². The molecule has 2 N–H and O–H groups in total. The maximum absolute atomic E-state index is 11.3. The first kappa shape index (κ1) is 24.7. The highest BCUT2D eigenvalue weighted by molar-refractivity contribution is 6.20. The molecule has 3 heterocycles. The summed E-state index contributed by atoms with van der Waals surface area (Å²) in [5, 5.41) is 32.5. The fraction of sp³-hybridized carbons (Fsp3) is 0.655. The maximum atomic E-state index is 11.3. The third kappa shape index (κ3) is 3.83. The van der Waals surface area contributed by atoms with E-state index in [1.807, 2.05) is 31.4 Å². The molecule has 7 heteroatoms. The molecule has 1 spiro atoms. The van der Waals surface area contributed by atoms with Crippen LogP contribution in [0.25, 0.3) is 16.3 Å². The summed E-state index contributed by atoms with van der Waals surface area (Å²) in [5.41, 5.74) is 2.16. The first-order chi connectivity index (χ1) is 17.2. The number of aliphatic hydroxyl groups excluding tert-OH is 2. The highest BCUT2D eigenvalue weighted by Crippen LogP contribution is 2.59. The molecule has 1 saturated carbocycles. The Morgan fingerprint density at radius 3 is 2.58 bits per heavy atom.